The van der Waals surface area contributed by atoms with E-state index in [4.69, 9.17) is 4.74 Å². The SMILES string of the molecule is CCOC1CC(N2CCCNCC(C)C2)C1. The van der Waals surface area contributed by atoms with E-state index in [9.17, 15) is 0 Å². The summed E-state index contributed by atoms with van der Waals surface area (Å²) in [5, 5.41) is 3.51. The van der Waals surface area contributed by atoms with Gasteiger partial charge < -0.3 is 10.1 Å². The molecule has 1 N–H and O–H groups in total. The predicted octanol–water partition coefficient (Wildman–Crippen LogP) is 1.49. The van der Waals surface area contributed by atoms with Gasteiger partial charge in [-0.1, -0.05) is 6.92 Å². The van der Waals surface area contributed by atoms with Crippen molar-refractivity contribution in [2.24, 2.45) is 5.92 Å². The van der Waals surface area contributed by atoms with Gasteiger partial charge in [0, 0.05) is 19.2 Å². The highest BCUT2D eigenvalue weighted by Crippen LogP contribution is 2.29. The Morgan fingerprint density at radius 1 is 1.38 bits per heavy atom. The van der Waals surface area contributed by atoms with Crippen LogP contribution in [0, 0.1) is 5.92 Å². The average molecular weight is 226 g/mol. The molecular weight excluding hydrogens is 200 g/mol. The first-order valence-electron chi connectivity index (χ1n) is 6.86. The van der Waals surface area contributed by atoms with Gasteiger partial charge >= 0.3 is 0 Å². The second-order valence-corrected chi connectivity index (χ2v) is 5.36. The van der Waals surface area contributed by atoms with Gasteiger partial charge in [-0.3, -0.25) is 4.90 Å². The van der Waals surface area contributed by atoms with Crippen LogP contribution in [0.2, 0.25) is 0 Å². The fraction of sp³-hybridized carbons (Fsp3) is 1.00. The van der Waals surface area contributed by atoms with Crippen LogP contribution in [-0.2, 0) is 4.74 Å². The van der Waals surface area contributed by atoms with Gasteiger partial charge in [0.25, 0.3) is 0 Å². The van der Waals surface area contributed by atoms with Gasteiger partial charge in [-0.15, -0.1) is 0 Å². The van der Waals surface area contributed by atoms with Gasteiger partial charge in [0.05, 0.1) is 6.10 Å². The number of hydrogen-bond acceptors (Lipinski definition) is 3. The summed E-state index contributed by atoms with van der Waals surface area (Å²) in [7, 11) is 0. The van der Waals surface area contributed by atoms with Crippen molar-refractivity contribution in [1.82, 2.24) is 10.2 Å². The topological polar surface area (TPSA) is 24.5 Å². The van der Waals surface area contributed by atoms with Crippen LogP contribution in [0.15, 0.2) is 0 Å². The number of ether oxygens (including phenoxy) is 1. The van der Waals surface area contributed by atoms with Crippen LogP contribution in [0.1, 0.15) is 33.1 Å². The summed E-state index contributed by atoms with van der Waals surface area (Å²) in [6.07, 6.45) is 4.36. The quantitative estimate of drug-likeness (QED) is 0.789. The van der Waals surface area contributed by atoms with Crippen molar-refractivity contribution < 1.29 is 4.74 Å². The molecule has 0 spiro atoms. The van der Waals surface area contributed by atoms with Gasteiger partial charge in [-0.25, -0.2) is 0 Å². The minimum absolute atomic E-state index is 0.550. The van der Waals surface area contributed by atoms with Gasteiger partial charge in [0.2, 0.25) is 0 Å². The third kappa shape index (κ3) is 3.19. The second-order valence-electron chi connectivity index (χ2n) is 5.36. The average Bonchev–Trinajstić information content (AvgIpc) is 2.17. The monoisotopic (exact) mass is 226 g/mol. The molecule has 0 aromatic heterocycles. The van der Waals surface area contributed by atoms with E-state index < -0.39 is 0 Å². The van der Waals surface area contributed by atoms with Crippen molar-refractivity contribution in [3.8, 4) is 0 Å². The standard InChI is InChI=1S/C13H26N2O/c1-3-16-13-7-12(8-13)15-6-4-5-14-9-11(2)10-15/h11-14H,3-10H2,1-2H3. The first-order valence-corrected chi connectivity index (χ1v) is 6.86. The summed E-state index contributed by atoms with van der Waals surface area (Å²) < 4.78 is 5.64. The molecule has 0 bridgehead atoms. The van der Waals surface area contributed by atoms with Crippen LogP contribution < -0.4 is 5.32 Å². The number of nitrogens with one attached hydrogen (secondary N) is 1. The van der Waals surface area contributed by atoms with E-state index >= 15 is 0 Å². The molecule has 0 aromatic carbocycles. The lowest BCUT2D eigenvalue weighted by Gasteiger charge is -2.44. The molecular formula is C13H26N2O. The van der Waals surface area contributed by atoms with E-state index in [1.54, 1.807) is 0 Å². The van der Waals surface area contributed by atoms with Crippen LogP contribution in [0.25, 0.3) is 0 Å². The molecule has 1 saturated carbocycles. The van der Waals surface area contributed by atoms with Crippen molar-refractivity contribution in [3.63, 3.8) is 0 Å². The Balaban J connectivity index is 1.75. The lowest BCUT2D eigenvalue weighted by molar-refractivity contribution is -0.0503. The Bertz CT molecular complexity index is 204. The molecule has 94 valence electrons. The summed E-state index contributed by atoms with van der Waals surface area (Å²) in [4.78, 5) is 2.70. The Kier molecular flexibility index (Phi) is 4.62. The van der Waals surface area contributed by atoms with Gasteiger partial charge in [-0.05, 0) is 51.7 Å². The molecule has 1 aliphatic heterocycles. The minimum atomic E-state index is 0.550. The Morgan fingerprint density at radius 2 is 2.19 bits per heavy atom. The summed E-state index contributed by atoms with van der Waals surface area (Å²) in [5.41, 5.74) is 0. The molecule has 1 heterocycles. The first-order chi connectivity index (χ1) is 7.79. The van der Waals surface area contributed by atoms with E-state index in [0.717, 1.165) is 18.6 Å². The zero-order chi connectivity index (χ0) is 11.4. The van der Waals surface area contributed by atoms with Crippen LogP contribution >= 0.6 is 0 Å². The van der Waals surface area contributed by atoms with E-state index in [-0.39, 0.29) is 0 Å². The van der Waals surface area contributed by atoms with Gasteiger partial charge in [-0.2, -0.15) is 0 Å². The molecule has 3 heteroatoms. The normalized spacial score (nSPS) is 37.5. The van der Waals surface area contributed by atoms with E-state index in [1.807, 2.05) is 0 Å². The highest BCUT2D eigenvalue weighted by atomic mass is 16.5. The highest BCUT2D eigenvalue weighted by Gasteiger charge is 2.34. The van der Waals surface area contributed by atoms with Crippen molar-refractivity contribution in [2.45, 2.75) is 45.3 Å². The number of nitrogens with zero attached hydrogens (tertiary/aromatic N) is 1. The third-order valence-electron chi connectivity index (χ3n) is 3.83. The zero-order valence-electron chi connectivity index (χ0n) is 10.7. The summed E-state index contributed by atoms with van der Waals surface area (Å²) >= 11 is 0. The van der Waals surface area contributed by atoms with Crippen LogP contribution in [0.3, 0.4) is 0 Å². The Labute approximate surface area is 99.5 Å². The van der Waals surface area contributed by atoms with Crippen LogP contribution in [0.5, 0.6) is 0 Å². The minimum Gasteiger partial charge on any atom is -0.378 e. The van der Waals surface area contributed by atoms with Gasteiger partial charge in [0.15, 0.2) is 0 Å². The summed E-state index contributed by atoms with van der Waals surface area (Å²) in [5.74, 6) is 0.784. The first kappa shape index (κ1) is 12.3. The van der Waals surface area contributed by atoms with Crippen molar-refractivity contribution in [2.75, 3.05) is 32.8 Å². The molecule has 2 aliphatic rings. The van der Waals surface area contributed by atoms with Crippen molar-refractivity contribution >= 4 is 0 Å². The molecule has 1 aliphatic carbocycles. The second kappa shape index (κ2) is 5.99. The smallest absolute Gasteiger partial charge is 0.0604 e. The molecule has 2 rings (SSSR count). The summed E-state index contributed by atoms with van der Waals surface area (Å²) in [6.45, 7) is 10.2. The zero-order valence-corrected chi connectivity index (χ0v) is 10.7. The molecule has 1 atom stereocenters. The maximum atomic E-state index is 5.64. The summed E-state index contributed by atoms with van der Waals surface area (Å²) in [6, 6.07) is 0.803. The maximum Gasteiger partial charge on any atom is 0.0604 e. The largest absolute Gasteiger partial charge is 0.378 e. The molecule has 2 fully saturated rings. The fourth-order valence-electron chi connectivity index (χ4n) is 2.85. The molecule has 0 aromatic rings. The van der Waals surface area contributed by atoms with E-state index in [2.05, 4.69) is 24.1 Å². The highest BCUT2D eigenvalue weighted by molar-refractivity contribution is 4.89. The molecule has 16 heavy (non-hydrogen) atoms. The number of rotatable bonds is 3. The van der Waals surface area contributed by atoms with Crippen LogP contribution in [0.4, 0.5) is 0 Å². The van der Waals surface area contributed by atoms with Crippen molar-refractivity contribution in [3.05, 3.63) is 0 Å². The van der Waals surface area contributed by atoms with E-state index in [0.29, 0.717) is 6.10 Å². The molecule has 3 nitrogen and oxygen atoms in total. The fourth-order valence-corrected chi connectivity index (χ4v) is 2.85. The lowest BCUT2D eigenvalue weighted by Crippen LogP contribution is -2.51. The molecule has 1 unspecified atom stereocenters. The maximum absolute atomic E-state index is 5.64. The third-order valence-corrected chi connectivity index (χ3v) is 3.83. The Morgan fingerprint density at radius 3 is 2.94 bits per heavy atom. The van der Waals surface area contributed by atoms with Gasteiger partial charge in [0.1, 0.15) is 0 Å². The lowest BCUT2D eigenvalue weighted by atomic mass is 9.87. The number of hydrogen-bond donors (Lipinski definition) is 1. The van der Waals surface area contributed by atoms with Crippen molar-refractivity contribution in [1.29, 1.82) is 0 Å². The van der Waals surface area contributed by atoms with Crippen LogP contribution in [-0.4, -0.2) is 49.8 Å². The molecule has 1 saturated heterocycles. The molecule has 0 radical (unpaired) electrons. The molecule has 0 amide bonds. The Hall–Kier alpha value is -0.120. The van der Waals surface area contributed by atoms with E-state index in [1.165, 1.54) is 45.4 Å². The predicted molar refractivity (Wildman–Crippen MR) is 66.7 cm³/mol.